The van der Waals surface area contributed by atoms with E-state index in [1.807, 2.05) is 24.3 Å². The molecule has 3 N–H and O–H groups in total. The van der Waals surface area contributed by atoms with Crippen LogP contribution in [0.25, 0.3) is 0 Å². The first kappa shape index (κ1) is 15.6. The molecule has 2 nitrogen and oxygen atoms in total. The number of halogens is 3. The molecule has 0 spiro atoms. The number of hydrogen-bond donors (Lipinski definition) is 2. The van der Waals surface area contributed by atoms with Crippen LogP contribution in [0.5, 0.6) is 0 Å². The van der Waals surface area contributed by atoms with E-state index in [9.17, 15) is 9.50 Å². The number of aliphatic hydroxyl groups excluding tert-OH is 1. The zero-order valence-corrected chi connectivity index (χ0v) is 13.7. The van der Waals surface area contributed by atoms with E-state index in [2.05, 4.69) is 31.9 Å². The van der Waals surface area contributed by atoms with E-state index in [1.54, 1.807) is 12.1 Å². The quantitative estimate of drug-likeness (QED) is 0.807. The fraction of sp³-hybridized carbons (Fsp3) is 0.200. The summed E-state index contributed by atoms with van der Waals surface area (Å²) < 4.78 is 14.9. The molecule has 0 bridgehead atoms. The van der Waals surface area contributed by atoms with Gasteiger partial charge in [0.1, 0.15) is 5.82 Å². The summed E-state index contributed by atoms with van der Waals surface area (Å²) in [6.45, 7) is 0.278. The molecule has 2 rings (SSSR count). The van der Waals surface area contributed by atoms with Crippen molar-refractivity contribution in [3.8, 4) is 0 Å². The standard InChI is InChI=1S/C15H14Br2FNO/c16-11-4-1-9(2-5-11)12(8-19)15(20)10-3-6-13(17)14(18)7-10/h1-7,12,15,20H,8,19H2. The van der Waals surface area contributed by atoms with Gasteiger partial charge >= 0.3 is 0 Å². The second-order valence-corrected chi connectivity index (χ2v) is 6.28. The van der Waals surface area contributed by atoms with Gasteiger partial charge in [-0.05, 0) is 51.3 Å². The molecule has 0 amide bonds. The van der Waals surface area contributed by atoms with E-state index in [1.165, 1.54) is 6.07 Å². The first-order chi connectivity index (χ1) is 9.52. The van der Waals surface area contributed by atoms with Crippen LogP contribution >= 0.6 is 31.9 Å². The fourth-order valence-corrected chi connectivity index (χ4v) is 2.60. The van der Waals surface area contributed by atoms with Gasteiger partial charge in [0.2, 0.25) is 0 Å². The minimum Gasteiger partial charge on any atom is -0.388 e. The molecular weight excluding hydrogens is 389 g/mol. The van der Waals surface area contributed by atoms with Gasteiger partial charge < -0.3 is 10.8 Å². The monoisotopic (exact) mass is 401 g/mol. The molecule has 0 fully saturated rings. The van der Waals surface area contributed by atoms with Gasteiger partial charge in [-0.25, -0.2) is 4.39 Å². The van der Waals surface area contributed by atoms with Crippen LogP contribution in [-0.2, 0) is 0 Å². The molecule has 2 aromatic rings. The number of hydrogen-bond acceptors (Lipinski definition) is 2. The first-order valence-electron chi connectivity index (χ1n) is 6.11. The lowest BCUT2D eigenvalue weighted by Gasteiger charge is -2.22. The largest absolute Gasteiger partial charge is 0.388 e. The zero-order chi connectivity index (χ0) is 14.7. The maximum absolute atomic E-state index is 13.6. The van der Waals surface area contributed by atoms with Crippen molar-refractivity contribution in [2.24, 2.45) is 5.73 Å². The van der Waals surface area contributed by atoms with Crippen LogP contribution in [0.1, 0.15) is 23.1 Å². The molecule has 0 radical (unpaired) electrons. The highest BCUT2D eigenvalue weighted by atomic mass is 79.9. The minimum absolute atomic E-state index is 0.274. The Morgan fingerprint density at radius 1 is 1.05 bits per heavy atom. The highest BCUT2D eigenvalue weighted by Gasteiger charge is 2.22. The molecule has 0 aromatic heterocycles. The van der Waals surface area contributed by atoms with Gasteiger partial charge in [-0.2, -0.15) is 0 Å². The molecule has 2 unspecified atom stereocenters. The Balaban J connectivity index is 2.30. The lowest BCUT2D eigenvalue weighted by molar-refractivity contribution is 0.147. The maximum Gasteiger partial charge on any atom is 0.137 e. The van der Waals surface area contributed by atoms with Gasteiger partial charge in [0.25, 0.3) is 0 Å². The van der Waals surface area contributed by atoms with Crippen molar-refractivity contribution in [1.29, 1.82) is 0 Å². The van der Waals surface area contributed by atoms with E-state index in [4.69, 9.17) is 5.73 Å². The van der Waals surface area contributed by atoms with Gasteiger partial charge in [-0.3, -0.25) is 0 Å². The van der Waals surface area contributed by atoms with E-state index in [0.717, 1.165) is 10.0 Å². The third kappa shape index (κ3) is 3.47. The molecule has 0 saturated carbocycles. The van der Waals surface area contributed by atoms with Crippen molar-refractivity contribution >= 4 is 31.9 Å². The third-order valence-electron chi connectivity index (χ3n) is 3.22. The Morgan fingerprint density at radius 2 is 1.65 bits per heavy atom. The van der Waals surface area contributed by atoms with Crippen LogP contribution in [-0.4, -0.2) is 11.7 Å². The van der Waals surface area contributed by atoms with Gasteiger partial charge in [0.05, 0.1) is 10.6 Å². The fourth-order valence-electron chi connectivity index (χ4n) is 2.09. The average molecular weight is 403 g/mol. The summed E-state index contributed by atoms with van der Waals surface area (Å²) in [7, 11) is 0. The highest BCUT2D eigenvalue weighted by molar-refractivity contribution is 9.10. The number of rotatable bonds is 4. The van der Waals surface area contributed by atoms with E-state index in [0.29, 0.717) is 10.0 Å². The zero-order valence-electron chi connectivity index (χ0n) is 10.6. The van der Waals surface area contributed by atoms with Gasteiger partial charge in [-0.1, -0.05) is 34.1 Å². The smallest absolute Gasteiger partial charge is 0.137 e. The number of aliphatic hydroxyl groups is 1. The normalized spacial score (nSPS) is 14.1. The van der Waals surface area contributed by atoms with E-state index in [-0.39, 0.29) is 12.5 Å². The molecule has 2 atom stereocenters. The van der Waals surface area contributed by atoms with E-state index < -0.39 is 11.9 Å². The van der Waals surface area contributed by atoms with Crippen molar-refractivity contribution in [3.63, 3.8) is 0 Å². The average Bonchev–Trinajstić information content (AvgIpc) is 2.44. The Kier molecular flexibility index (Phi) is 5.32. The van der Waals surface area contributed by atoms with Crippen molar-refractivity contribution in [1.82, 2.24) is 0 Å². The van der Waals surface area contributed by atoms with Crippen LogP contribution in [0.15, 0.2) is 51.4 Å². The second kappa shape index (κ2) is 6.80. The van der Waals surface area contributed by atoms with Crippen LogP contribution in [0.3, 0.4) is 0 Å². The summed E-state index contributed by atoms with van der Waals surface area (Å²) in [5.41, 5.74) is 7.21. The number of benzene rings is 2. The lowest BCUT2D eigenvalue weighted by atomic mass is 9.89. The summed E-state index contributed by atoms with van der Waals surface area (Å²) in [6.07, 6.45) is -0.844. The summed E-state index contributed by atoms with van der Waals surface area (Å²) >= 11 is 6.47. The Labute approximate surface area is 134 Å². The molecular formula is C15H14Br2FNO. The van der Waals surface area contributed by atoms with Gasteiger partial charge in [-0.15, -0.1) is 0 Å². The molecule has 20 heavy (non-hydrogen) atoms. The molecule has 0 aliphatic carbocycles. The Hall–Kier alpha value is -0.750. The predicted molar refractivity (Wildman–Crippen MR) is 85.0 cm³/mol. The van der Waals surface area contributed by atoms with Crippen LogP contribution < -0.4 is 5.73 Å². The third-order valence-corrected chi connectivity index (χ3v) is 4.39. The van der Waals surface area contributed by atoms with Crippen LogP contribution in [0, 0.1) is 5.82 Å². The highest BCUT2D eigenvalue weighted by Crippen LogP contribution is 2.32. The summed E-state index contributed by atoms with van der Waals surface area (Å²) in [6, 6.07) is 12.2. The van der Waals surface area contributed by atoms with Gasteiger partial charge in [0.15, 0.2) is 0 Å². The van der Waals surface area contributed by atoms with Crippen molar-refractivity contribution < 1.29 is 9.50 Å². The lowest BCUT2D eigenvalue weighted by Crippen LogP contribution is -2.20. The second-order valence-electron chi connectivity index (χ2n) is 4.51. The first-order valence-corrected chi connectivity index (χ1v) is 7.70. The Morgan fingerprint density at radius 3 is 2.20 bits per heavy atom. The molecule has 2 aromatic carbocycles. The minimum atomic E-state index is -0.844. The van der Waals surface area contributed by atoms with Crippen molar-refractivity contribution in [2.75, 3.05) is 6.54 Å². The van der Waals surface area contributed by atoms with Crippen LogP contribution in [0.2, 0.25) is 0 Å². The summed E-state index contributed by atoms with van der Waals surface area (Å²) in [5, 5.41) is 10.4. The number of nitrogens with two attached hydrogens (primary N) is 1. The molecule has 0 aliphatic heterocycles. The topological polar surface area (TPSA) is 46.2 Å². The SMILES string of the molecule is NCC(c1ccc(Br)cc1)C(O)c1ccc(Br)c(F)c1. The summed E-state index contributed by atoms with van der Waals surface area (Å²) in [5.74, 6) is -0.670. The molecule has 0 aliphatic rings. The van der Waals surface area contributed by atoms with Crippen molar-refractivity contribution in [3.05, 3.63) is 68.4 Å². The van der Waals surface area contributed by atoms with E-state index >= 15 is 0 Å². The van der Waals surface area contributed by atoms with Gasteiger partial charge in [0, 0.05) is 16.9 Å². The molecule has 106 valence electrons. The summed E-state index contributed by atoms with van der Waals surface area (Å²) in [4.78, 5) is 0. The van der Waals surface area contributed by atoms with Crippen molar-refractivity contribution in [2.45, 2.75) is 12.0 Å². The Bertz CT molecular complexity index is 589. The van der Waals surface area contributed by atoms with Crippen LogP contribution in [0.4, 0.5) is 4.39 Å². The molecule has 5 heteroatoms. The predicted octanol–water partition coefficient (Wildman–Crippen LogP) is 4.13. The molecule has 0 saturated heterocycles. The maximum atomic E-state index is 13.6. The molecule has 0 heterocycles.